The zero-order valence-electron chi connectivity index (χ0n) is 8.96. The third-order valence-electron chi connectivity index (χ3n) is 2.76. The number of hydrogen-bond donors (Lipinski definition) is 0. The van der Waals surface area contributed by atoms with Crippen molar-refractivity contribution in [3.63, 3.8) is 0 Å². The molecule has 0 atom stereocenters. The van der Waals surface area contributed by atoms with E-state index in [2.05, 4.69) is 48.9 Å². The van der Waals surface area contributed by atoms with Crippen LogP contribution in [0.3, 0.4) is 0 Å². The Hall–Kier alpha value is -1.24. The van der Waals surface area contributed by atoms with Gasteiger partial charge in [-0.15, -0.1) is 0 Å². The summed E-state index contributed by atoms with van der Waals surface area (Å²) in [4.78, 5) is 0. The zero-order valence-corrected chi connectivity index (χ0v) is 8.96. The van der Waals surface area contributed by atoms with Gasteiger partial charge in [0, 0.05) is 23.6 Å². The van der Waals surface area contributed by atoms with Crippen molar-refractivity contribution in [1.29, 1.82) is 0 Å². The average molecular weight is 187 g/mol. The highest BCUT2D eigenvalue weighted by Gasteiger charge is 2.02. The number of hydrogen-bond acceptors (Lipinski definition) is 0. The molecule has 0 fully saturated rings. The van der Waals surface area contributed by atoms with Crippen LogP contribution in [-0.4, -0.2) is 4.57 Å². The molecule has 14 heavy (non-hydrogen) atoms. The van der Waals surface area contributed by atoms with Crippen LogP contribution in [0.25, 0.3) is 10.9 Å². The van der Waals surface area contributed by atoms with Crippen LogP contribution >= 0.6 is 0 Å². The molecule has 74 valence electrons. The van der Waals surface area contributed by atoms with Crippen LogP contribution in [0.2, 0.25) is 0 Å². The van der Waals surface area contributed by atoms with E-state index < -0.39 is 0 Å². The molecular weight excluding hydrogens is 170 g/mol. The highest BCUT2D eigenvalue weighted by Crippen LogP contribution is 2.21. The number of benzene rings is 1. The number of aromatic nitrogens is 1. The van der Waals surface area contributed by atoms with Crippen LogP contribution in [0.15, 0.2) is 30.5 Å². The Morgan fingerprint density at radius 3 is 2.71 bits per heavy atom. The number of aryl methyl sites for hydroxylation is 2. The first kappa shape index (κ1) is 9.32. The molecule has 0 saturated carbocycles. The first-order valence-electron chi connectivity index (χ1n) is 5.43. The summed E-state index contributed by atoms with van der Waals surface area (Å²) in [7, 11) is 0. The fourth-order valence-corrected chi connectivity index (χ4v) is 2.05. The van der Waals surface area contributed by atoms with E-state index in [0.29, 0.717) is 0 Å². The molecule has 1 aromatic carbocycles. The summed E-state index contributed by atoms with van der Waals surface area (Å²) in [5.41, 5.74) is 2.86. The molecule has 0 saturated heterocycles. The minimum absolute atomic E-state index is 1.05. The van der Waals surface area contributed by atoms with Crippen LogP contribution in [0, 0.1) is 0 Å². The molecule has 0 N–H and O–H groups in total. The van der Waals surface area contributed by atoms with Crippen LogP contribution in [-0.2, 0) is 13.0 Å². The van der Waals surface area contributed by atoms with E-state index in [9.17, 15) is 0 Å². The number of rotatable bonds is 3. The standard InChI is InChI=1S/C13H17N/c1-3-6-11-7-5-8-13-12(11)9-10-14(13)4-2/h5,7-10H,3-4,6H2,1-2H3. The lowest BCUT2D eigenvalue weighted by atomic mass is 10.1. The molecule has 0 aliphatic carbocycles. The van der Waals surface area contributed by atoms with Gasteiger partial charge in [-0.25, -0.2) is 0 Å². The Kier molecular flexibility index (Phi) is 2.58. The predicted molar refractivity (Wildman–Crippen MR) is 61.6 cm³/mol. The molecule has 0 spiro atoms. The van der Waals surface area contributed by atoms with Gasteiger partial charge in [0.15, 0.2) is 0 Å². The second kappa shape index (κ2) is 3.87. The minimum Gasteiger partial charge on any atom is -0.348 e. The first-order valence-corrected chi connectivity index (χ1v) is 5.43. The highest BCUT2D eigenvalue weighted by molar-refractivity contribution is 5.83. The lowest BCUT2D eigenvalue weighted by Crippen LogP contribution is -1.91. The molecule has 2 rings (SSSR count). The van der Waals surface area contributed by atoms with Gasteiger partial charge in [0.25, 0.3) is 0 Å². The monoisotopic (exact) mass is 187 g/mol. The Morgan fingerprint density at radius 2 is 2.00 bits per heavy atom. The van der Waals surface area contributed by atoms with Crippen LogP contribution in [0.1, 0.15) is 25.8 Å². The van der Waals surface area contributed by atoms with Crippen molar-refractivity contribution in [3.8, 4) is 0 Å². The molecule has 2 aromatic rings. The normalized spacial score (nSPS) is 11.0. The van der Waals surface area contributed by atoms with Crippen molar-refractivity contribution >= 4 is 10.9 Å². The summed E-state index contributed by atoms with van der Waals surface area (Å²) in [6.07, 6.45) is 4.59. The molecular formula is C13H17N. The predicted octanol–water partition coefficient (Wildman–Crippen LogP) is 3.61. The van der Waals surface area contributed by atoms with E-state index in [0.717, 1.165) is 6.54 Å². The topological polar surface area (TPSA) is 4.93 Å². The second-order valence-corrected chi connectivity index (χ2v) is 3.70. The fraction of sp³-hybridized carbons (Fsp3) is 0.385. The van der Waals surface area contributed by atoms with Gasteiger partial charge in [-0.1, -0.05) is 25.5 Å². The van der Waals surface area contributed by atoms with Crippen LogP contribution in [0.5, 0.6) is 0 Å². The summed E-state index contributed by atoms with van der Waals surface area (Å²) in [6, 6.07) is 8.85. The van der Waals surface area contributed by atoms with Gasteiger partial charge in [-0.2, -0.15) is 0 Å². The largest absolute Gasteiger partial charge is 0.348 e. The summed E-state index contributed by atoms with van der Waals surface area (Å²) in [5, 5.41) is 1.43. The summed E-state index contributed by atoms with van der Waals surface area (Å²) in [5.74, 6) is 0. The zero-order chi connectivity index (χ0) is 9.97. The van der Waals surface area contributed by atoms with Gasteiger partial charge < -0.3 is 4.57 Å². The third-order valence-corrected chi connectivity index (χ3v) is 2.76. The highest BCUT2D eigenvalue weighted by atomic mass is 14.9. The van der Waals surface area contributed by atoms with Gasteiger partial charge in [0.2, 0.25) is 0 Å². The van der Waals surface area contributed by atoms with E-state index >= 15 is 0 Å². The Balaban J connectivity index is 2.58. The quantitative estimate of drug-likeness (QED) is 0.691. The van der Waals surface area contributed by atoms with Crippen LogP contribution < -0.4 is 0 Å². The maximum Gasteiger partial charge on any atom is 0.0482 e. The number of fused-ring (bicyclic) bond motifs is 1. The maximum absolute atomic E-state index is 2.30. The summed E-state index contributed by atoms with van der Waals surface area (Å²) >= 11 is 0. The minimum atomic E-state index is 1.05. The lowest BCUT2D eigenvalue weighted by molar-refractivity contribution is 0.797. The van der Waals surface area contributed by atoms with Crippen molar-refractivity contribution in [2.75, 3.05) is 0 Å². The molecule has 1 nitrogen and oxygen atoms in total. The smallest absolute Gasteiger partial charge is 0.0482 e. The van der Waals surface area contributed by atoms with Gasteiger partial charge in [-0.05, 0) is 31.0 Å². The van der Waals surface area contributed by atoms with E-state index in [1.807, 2.05) is 0 Å². The summed E-state index contributed by atoms with van der Waals surface area (Å²) in [6.45, 7) is 5.47. The molecule has 1 heteroatoms. The fourth-order valence-electron chi connectivity index (χ4n) is 2.05. The maximum atomic E-state index is 2.30. The molecule has 1 aromatic heterocycles. The van der Waals surface area contributed by atoms with Crippen molar-refractivity contribution in [1.82, 2.24) is 4.57 Å². The average Bonchev–Trinajstić information content (AvgIpc) is 2.62. The van der Waals surface area contributed by atoms with Crippen molar-refractivity contribution in [2.45, 2.75) is 33.2 Å². The Bertz CT molecular complexity index is 426. The van der Waals surface area contributed by atoms with Crippen molar-refractivity contribution in [2.24, 2.45) is 0 Å². The SMILES string of the molecule is CCCc1cccc2c1ccn2CC. The molecule has 0 unspecified atom stereocenters. The van der Waals surface area contributed by atoms with E-state index in [-0.39, 0.29) is 0 Å². The van der Waals surface area contributed by atoms with Crippen molar-refractivity contribution < 1.29 is 0 Å². The van der Waals surface area contributed by atoms with E-state index in [1.165, 1.54) is 29.3 Å². The first-order chi connectivity index (χ1) is 6.86. The third kappa shape index (κ3) is 1.43. The Morgan fingerprint density at radius 1 is 1.14 bits per heavy atom. The van der Waals surface area contributed by atoms with Gasteiger partial charge in [0.05, 0.1) is 0 Å². The van der Waals surface area contributed by atoms with Gasteiger partial charge >= 0.3 is 0 Å². The molecule has 0 bridgehead atoms. The summed E-state index contributed by atoms with van der Waals surface area (Å²) < 4.78 is 2.30. The van der Waals surface area contributed by atoms with Crippen molar-refractivity contribution in [3.05, 3.63) is 36.0 Å². The number of nitrogens with zero attached hydrogens (tertiary/aromatic N) is 1. The van der Waals surface area contributed by atoms with Crippen LogP contribution in [0.4, 0.5) is 0 Å². The molecule has 0 aliphatic rings. The molecule has 0 aliphatic heterocycles. The van der Waals surface area contributed by atoms with Gasteiger partial charge in [0.1, 0.15) is 0 Å². The van der Waals surface area contributed by atoms with E-state index in [4.69, 9.17) is 0 Å². The molecule has 0 radical (unpaired) electrons. The van der Waals surface area contributed by atoms with E-state index in [1.54, 1.807) is 0 Å². The second-order valence-electron chi connectivity index (χ2n) is 3.70. The van der Waals surface area contributed by atoms with Gasteiger partial charge in [-0.3, -0.25) is 0 Å². The lowest BCUT2D eigenvalue weighted by Gasteiger charge is -2.03. The molecule has 0 amide bonds. The Labute approximate surface area is 85.4 Å². The molecule has 1 heterocycles.